The molecule has 0 bridgehead atoms. The molecule has 0 N–H and O–H groups in total. The summed E-state index contributed by atoms with van der Waals surface area (Å²) in [7, 11) is 0. The van der Waals surface area contributed by atoms with Crippen LogP contribution in [0.15, 0.2) is 0 Å². The van der Waals surface area contributed by atoms with Crippen LogP contribution in [0.5, 0.6) is 0 Å². The van der Waals surface area contributed by atoms with Crippen LogP contribution < -0.4 is 0 Å². The van der Waals surface area contributed by atoms with Crippen molar-refractivity contribution in [1.82, 2.24) is 0 Å². The fourth-order valence-electron chi connectivity index (χ4n) is 18.1. The average Bonchev–Trinajstić information content (AvgIpc) is 4.49. The maximum Gasteiger partial charge on any atom is -0.0386 e. The van der Waals surface area contributed by atoms with Crippen molar-refractivity contribution < 1.29 is 0 Å². The molecule has 0 aliphatic heterocycles. The second kappa shape index (κ2) is 53.3. The van der Waals surface area contributed by atoms with Crippen LogP contribution >= 0.6 is 0 Å². The second-order valence-corrected chi connectivity index (χ2v) is 36.9. The molecule has 0 amide bonds. The van der Waals surface area contributed by atoms with Crippen LogP contribution in [-0.4, -0.2) is 0 Å². The van der Waals surface area contributed by atoms with E-state index in [9.17, 15) is 0 Å². The lowest BCUT2D eigenvalue weighted by Crippen LogP contribution is -2.12. The molecule has 522 valence electrons. The zero-order valence-corrected chi connectivity index (χ0v) is 64.9. The van der Waals surface area contributed by atoms with Gasteiger partial charge in [-0.2, -0.15) is 0 Å². The van der Waals surface area contributed by atoms with Gasteiger partial charge in [-0.1, -0.05) is 434 Å². The number of hydrogen-bond acceptors (Lipinski definition) is 0. The molecule has 14 saturated carbocycles. The standard InChI is InChI=1S/3C9H16.4C8H14.7C4H10/c3*1-2-5-9-7-3-6-8(9)4-1;4*1-3-7-5-2-6-8(7)4-1;7*1-4(2)3/h3*8-9H,1-7H2;4*7-8H,1-6H2;7*4H,1-3H3. The van der Waals surface area contributed by atoms with Crippen molar-refractivity contribution in [2.75, 3.05) is 0 Å². The second-order valence-electron chi connectivity index (χ2n) is 36.9. The van der Waals surface area contributed by atoms with Gasteiger partial charge in [0.05, 0.1) is 0 Å². The summed E-state index contributed by atoms with van der Waals surface area (Å²) in [5, 5.41) is 0. The van der Waals surface area contributed by atoms with Crippen molar-refractivity contribution in [3.05, 3.63) is 0 Å². The SMILES string of the molecule is C1CC2CCCC2C1.C1CC2CCCC2C1.C1CC2CCCC2C1.C1CC2CCCC2C1.C1CCC2CCCC2C1.C1CCC2CCCC2C1.C1CCC2CCCC2C1.CC(C)C.CC(C)C.CC(C)C.CC(C)C.CC(C)C.CC(C)C.CC(C)C. The van der Waals surface area contributed by atoms with Gasteiger partial charge >= 0.3 is 0 Å². The van der Waals surface area contributed by atoms with Crippen LogP contribution in [0.25, 0.3) is 0 Å². The third-order valence-electron chi connectivity index (χ3n) is 21.5. The van der Waals surface area contributed by atoms with E-state index in [1.54, 1.807) is 180 Å². The van der Waals surface area contributed by atoms with Gasteiger partial charge in [-0.05, 0) is 124 Å². The Kier molecular flexibility index (Phi) is 52.1. The summed E-state index contributed by atoms with van der Waals surface area (Å²) in [4.78, 5) is 0. The highest BCUT2D eigenvalue weighted by Gasteiger charge is 2.34. The topological polar surface area (TPSA) is 0 Å². The van der Waals surface area contributed by atoms with Gasteiger partial charge in [0, 0.05) is 0 Å². The molecule has 0 aromatic carbocycles. The molecule has 0 saturated heterocycles. The Morgan fingerprint density at radius 3 is 0.207 bits per heavy atom. The minimum absolute atomic E-state index is 0.833. The molecule has 0 spiro atoms. The number of fused-ring (bicyclic) bond motifs is 7. The molecule has 0 aromatic heterocycles. The van der Waals surface area contributed by atoms with Crippen molar-refractivity contribution in [2.24, 2.45) is 124 Å². The molecule has 14 aliphatic carbocycles. The zero-order chi connectivity index (χ0) is 64.9. The molecule has 0 nitrogen and oxygen atoms in total. The predicted octanol–water partition coefficient (Wildman–Crippen LogP) is 30.9. The molecule has 0 heteroatoms. The summed E-state index contributed by atoms with van der Waals surface area (Å²) < 4.78 is 0. The van der Waals surface area contributed by atoms with Crippen molar-refractivity contribution in [3.63, 3.8) is 0 Å². The van der Waals surface area contributed by atoms with E-state index < -0.39 is 0 Å². The minimum atomic E-state index is 0.833. The van der Waals surface area contributed by atoms with E-state index in [-0.39, 0.29) is 0 Å². The smallest absolute Gasteiger partial charge is 0.0386 e. The molecule has 14 rings (SSSR count). The van der Waals surface area contributed by atoms with Crippen molar-refractivity contribution >= 4 is 0 Å². The van der Waals surface area contributed by atoms with Gasteiger partial charge in [-0.3, -0.25) is 0 Å². The highest BCUT2D eigenvalue weighted by molar-refractivity contribution is 4.86. The average molecular weight is 1220 g/mol. The fourth-order valence-corrected chi connectivity index (χ4v) is 18.1. The van der Waals surface area contributed by atoms with Crippen molar-refractivity contribution in [1.29, 1.82) is 0 Å². The van der Waals surface area contributed by atoms with E-state index in [2.05, 4.69) is 145 Å². The summed E-state index contributed by atoms with van der Waals surface area (Å²) in [6, 6.07) is 0. The van der Waals surface area contributed by atoms with Gasteiger partial charge in [0.15, 0.2) is 0 Å². The first-order valence-electron chi connectivity index (χ1n) is 41.4. The van der Waals surface area contributed by atoms with Gasteiger partial charge in [0.25, 0.3) is 0 Å². The number of hydrogen-bond donors (Lipinski definition) is 0. The molecule has 6 unspecified atom stereocenters. The van der Waals surface area contributed by atoms with E-state index in [4.69, 9.17) is 0 Å². The van der Waals surface area contributed by atoms with E-state index in [0.29, 0.717) is 0 Å². The Labute approximate surface area is 555 Å². The van der Waals surface area contributed by atoms with Crippen LogP contribution in [0.3, 0.4) is 0 Å². The van der Waals surface area contributed by atoms with Crippen molar-refractivity contribution in [2.45, 2.75) is 434 Å². The van der Waals surface area contributed by atoms with Gasteiger partial charge in [0.2, 0.25) is 0 Å². The van der Waals surface area contributed by atoms with Crippen molar-refractivity contribution in [3.8, 4) is 0 Å². The molecule has 6 atom stereocenters. The molecule has 87 heavy (non-hydrogen) atoms. The number of rotatable bonds is 0. The summed E-state index contributed by atoms with van der Waals surface area (Å²) in [5.74, 6) is 22.2. The first-order valence-corrected chi connectivity index (χ1v) is 41.4. The minimum Gasteiger partial charge on any atom is -0.0630 e. The summed E-state index contributed by atoms with van der Waals surface area (Å²) >= 11 is 0. The van der Waals surface area contributed by atoms with Gasteiger partial charge in [-0.15, -0.1) is 0 Å². The quantitative estimate of drug-likeness (QED) is 0.227. The molecule has 0 aromatic rings. The molecule has 0 heterocycles. The first-order chi connectivity index (χ1) is 41.4. The summed E-state index contributed by atoms with van der Waals surface area (Å²) in [6.07, 6.45) is 69.8. The Bertz CT molecular complexity index is 1090. The van der Waals surface area contributed by atoms with E-state index in [0.717, 1.165) is 41.4 Å². The first kappa shape index (κ1) is 85.0. The fraction of sp³-hybridized carbons (Fsp3) is 1.00. The lowest BCUT2D eigenvalue weighted by molar-refractivity contribution is 0.277. The van der Waals surface area contributed by atoms with Crippen LogP contribution in [0.1, 0.15) is 434 Å². The van der Waals surface area contributed by atoms with Crippen LogP contribution in [-0.2, 0) is 0 Å². The molecular weight excluding hydrogens is 1040 g/mol. The largest absolute Gasteiger partial charge is 0.0630 e. The highest BCUT2D eigenvalue weighted by Crippen LogP contribution is 2.47. The van der Waals surface area contributed by atoms with Crippen LogP contribution in [0.2, 0.25) is 0 Å². The summed E-state index contributed by atoms with van der Waals surface area (Å²) in [6.45, 7) is 45.5. The molecule has 14 aliphatic rings. The van der Waals surface area contributed by atoms with E-state index >= 15 is 0 Å². The van der Waals surface area contributed by atoms with Crippen LogP contribution in [0.4, 0.5) is 0 Å². The lowest BCUT2D eigenvalue weighted by Gasteiger charge is -2.24. The Morgan fingerprint density at radius 2 is 0.149 bits per heavy atom. The maximum absolute atomic E-state index is 2.17. The molecular formula is C87H174. The highest BCUT2D eigenvalue weighted by atomic mass is 14.4. The van der Waals surface area contributed by atoms with Gasteiger partial charge < -0.3 is 0 Å². The Balaban J connectivity index is 0.000000476. The van der Waals surface area contributed by atoms with Gasteiger partial charge in [-0.25, -0.2) is 0 Å². The molecule has 0 radical (unpaired) electrons. The predicted molar refractivity (Wildman–Crippen MR) is 400 cm³/mol. The van der Waals surface area contributed by atoms with E-state index in [1.165, 1.54) is 192 Å². The normalized spacial score (nSPS) is 32.7. The van der Waals surface area contributed by atoms with Gasteiger partial charge in [0.1, 0.15) is 0 Å². The lowest BCUT2D eigenvalue weighted by atomic mass is 9.82. The third-order valence-corrected chi connectivity index (χ3v) is 21.5. The zero-order valence-electron chi connectivity index (χ0n) is 64.9. The third kappa shape index (κ3) is 45.9. The van der Waals surface area contributed by atoms with Crippen LogP contribution in [0, 0.1) is 124 Å². The Hall–Kier alpha value is 0. The monoisotopic (exact) mass is 1220 g/mol. The molecule has 14 fully saturated rings. The van der Waals surface area contributed by atoms with E-state index in [1.807, 2.05) is 0 Å². The summed E-state index contributed by atoms with van der Waals surface area (Å²) in [5.41, 5.74) is 0. The maximum atomic E-state index is 2.17. The Morgan fingerprint density at radius 1 is 0.103 bits per heavy atom.